The van der Waals surface area contributed by atoms with Gasteiger partial charge in [0.15, 0.2) is 0 Å². The minimum Gasteiger partial charge on any atom is -0.478 e. The SMILES string of the molecule is C[C@H](NC(=O)c1cnn(CC(F)(F)F)c1C1CC1)c1ccc(C(=O)O)cc1. The molecule has 1 saturated carbocycles. The van der Waals surface area contributed by atoms with Crippen molar-refractivity contribution in [3.05, 3.63) is 52.8 Å². The molecular formula is C18H18F3N3O3. The van der Waals surface area contributed by atoms with Crippen molar-refractivity contribution < 1.29 is 27.9 Å². The summed E-state index contributed by atoms with van der Waals surface area (Å²) in [6.45, 7) is 0.489. The van der Waals surface area contributed by atoms with Gasteiger partial charge in [-0.15, -0.1) is 0 Å². The predicted octanol–water partition coefficient (Wildman–Crippen LogP) is 3.51. The van der Waals surface area contributed by atoms with Gasteiger partial charge < -0.3 is 10.4 Å². The van der Waals surface area contributed by atoms with Crippen molar-refractivity contribution in [2.45, 2.75) is 44.4 Å². The van der Waals surface area contributed by atoms with Crippen LogP contribution >= 0.6 is 0 Å². The van der Waals surface area contributed by atoms with Crippen molar-refractivity contribution in [2.24, 2.45) is 0 Å². The lowest BCUT2D eigenvalue weighted by atomic mass is 10.1. The van der Waals surface area contributed by atoms with Crippen molar-refractivity contribution in [1.29, 1.82) is 0 Å². The zero-order chi connectivity index (χ0) is 19.8. The molecule has 0 bridgehead atoms. The third-order valence-electron chi connectivity index (χ3n) is 4.42. The fourth-order valence-corrected chi connectivity index (χ4v) is 2.93. The molecule has 1 aromatic heterocycles. The molecule has 1 aliphatic carbocycles. The summed E-state index contributed by atoms with van der Waals surface area (Å²) in [5, 5.41) is 15.4. The lowest BCUT2D eigenvalue weighted by molar-refractivity contribution is -0.143. The first kappa shape index (κ1) is 18.9. The Kier molecular flexibility index (Phi) is 4.95. The maximum absolute atomic E-state index is 12.7. The number of halogens is 3. The number of rotatable bonds is 6. The summed E-state index contributed by atoms with van der Waals surface area (Å²) in [4.78, 5) is 23.5. The van der Waals surface area contributed by atoms with Crippen LogP contribution in [0.15, 0.2) is 30.5 Å². The Morgan fingerprint density at radius 3 is 2.44 bits per heavy atom. The van der Waals surface area contributed by atoms with Gasteiger partial charge in [0.1, 0.15) is 6.54 Å². The summed E-state index contributed by atoms with van der Waals surface area (Å²) in [6.07, 6.45) is -1.77. The molecule has 6 nitrogen and oxygen atoms in total. The molecule has 0 aliphatic heterocycles. The Hall–Kier alpha value is -2.84. The number of alkyl halides is 3. The summed E-state index contributed by atoms with van der Waals surface area (Å²) in [5.41, 5.74) is 1.28. The summed E-state index contributed by atoms with van der Waals surface area (Å²) in [6, 6.07) is 5.58. The van der Waals surface area contributed by atoms with E-state index < -0.39 is 30.6 Å². The van der Waals surface area contributed by atoms with Crippen LogP contribution in [0, 0.1) is 0 Å². The number of nitrogens with one attached hydrogen (secondary N) is 1. The zero-order valence-corrected chi connectivity index (χ0v) is 14.5. The molecule has 0 radical (unpaired) electrons. The molecule has 3 rings (SSSR count). The van der Waals surface area contributed by atoms with Crippen molar-refractivity contribution >= 4 is 11.9 Å². The normalized spacial score (nSPS) is 15.4. The van der Waals surface area contributed by atoms with E-state index in [0.717, 1.165) is 17.5 Å². The van der Waals surface area contributed by atoms with E-state index in [2.05, 4.69) is 10.4 Å². The van der Waals surface area contributed by atoms with Crippen molar-refractivity contribution in [3.63, 3.8) is 0 Å². The molecule has 2 N–H and O–H groups in total. The van der Waals surface area contributed by atoms with Crippen LogP contribution < -0.4 is 5.32 Å². The lowest BCUT2D eigenvalue weighted by Crippen LogP contribution is -2.28. The fourth-order valence-electron chi connectivity index (χ4n) is 2.93. The Labute approximate surface area is 153 Å². The van der Waals surface area contributed by atoms with Gasteiger partial charge in [-0.05, 0) is 37.5 Å². The van der Waals surface area contributed by atoms with Crippen molar-refractivity contribution in [3.8, 4) is 0 Å². The average molecular weight is 381 g/mol. The minimum atomic E-state index is -4.41. The summed E-state index contributed by atoms with van der Waals surface area (Å²) >= 11 is 0. The second-order valence-corrected chi connectivity index (χ2v) is 6.61. The van der Waals surface area contributed by atoms with Crippen LogP contribution in [-0.2, 0) is 6.54 Å². The Morgan fingerprint density at radius 1 is 1.30 bits per heavy atom. The van der Waals surface area contributed by atoms with E-state index in [4.69, 9.17) is 5.11 Å². The van der Waals surface area contributed by atoms with Crippen LogP contribution in [-0.4, -0.2) is 32.9 Å². The number of carbonyl (C=O) groups is 2. The fraction of sp³-hybridized carbons (Fsp3) is 0.389. The molecule has 1 aliphatic rings. The molecule has 0 spiro atoms. The Balaban J connectivity index is 1.76. The minimum absolute atomic E-state index is 0.0826. The molecular weight excluding hydrogens is 363 g/mol. The number of carboxylic acid groups (broad SMARTS) is 1. The first-order valence-corrected chi connectivity index (χ1v) is 8.42. The number of carbonyl (C=O) groups excluding carboxylic acids is 1. The molecule has 27 heavy (non-hydrogen) atoms. The van der Waals surface area contributed by atoms with Gasteiger partial charge in [-0.1, -0.05) is 12.1 Å². The largest absolute Gasteiger partial charge is 0.478 e. The second kappa shape index (κ2) is 7.05. The maximum atomic E-state index is 12.7. The predicted molar refractivity (Wildman–Crippen MR) is 89.5 cm³/mol. The van der Waals surface area contributed by atoms with Gasteiger partial charge >= 0.3 is 12.1 Å². The summed E-state index contributed by atoms with van der Waals surface area (Å²) in [5.74, 6) is -1.63. The number of amides is 1. The molecule has 1 fully saturated rings. The molecule has 0 saturated heterocycles. The summed E-state index contributed by atoms with van der Waals surface area (Å²) in [7, 11) is 0. The van der Waals surface area contributed by atoms with Crippen molar-refractivity contribution in [2.75, 3.05) is 0 Å². The molecule has 1 amide bonds. The number of aromatic carboxylic acids is 1. The highest BCUT2D eigenvalue weighted by atomic mass is 19.4. The second-order valence-electron chi connectivity index (χ2n) is 6.61. The van der Waals surface area contributed by atoms with E-state index in [1.165, 1.54) is 18.3 Å². The molecule has 144 valence electrons. The number of nitrogens with zero attached hydrogens (tertiary/aromatic N) is 2. The Bertz CT molecular complexity index is 855. The van der Waals surface area contributed by atoms with Gasteiger partial charge in [0.05, 0.1) is 29.1 Å². The van der Waals surface area contributed by atoms with Gasteiger partial charge in [-0.2, -0.15) is 18.3 Å². The van der Waals surface area contributed by atoms with E-state index in [-0.39, 0.29) is 17.0 Å². The molecule has 1 aromatic carbocycles. The lowest BCUT2D eigenvalue weighted by Gasteiger charge is -2.15. The monoisotopic (exact) mass is 381 g/mol. The van der Waals surface area contributed by atoms with Crippen LogP contribution in [0.25, 0.3) is 0 Å². The number of carboxylic acids is 1. The van der Waals surface area contributed by atoms with Crippen molar-refractivity contribution in [1.82, 2.24) is 15.1 Å². The third-order valence-corrected chi connectivity index (χ3v) is 4.42. The summed E-state index contributed by atoms with van der Waals surface area (Å²) < 4.78 is 39.1. The number of hydrogen-bond donors (Lipinski definition) is 2. The van der Waals surface area contributed by atoms with E-state index in [1.807, 2.05) is 0 Å². The van der Waals surface area contributed by atoms with E-state index in [1.54, 1.807) is 19.1 Å². The molecule has 2 aromatic rings. The number of aromatic nitrogens is 2. The zero-order valence-electron chi connectivity index (χ0n) is 14.5. The molecule has 1 heterocycles. The third kappa shape index (κ3) is 4.47. The molecule has 0 unspecified atom stereocenters. The average Bonchev–Trinajstić information content (AvgIpc) is 3.34. The van der Waals surface area contributed by atoms with Crippen LogP contribution in [0.4, 0.5) is 13.2 Å². The van der Waals surface area contributed by atoms with E-state index >= 15 is 0 Å². The highest BCUT2D eigenvalue weighted by molar-refractivity contribution is 5.95. The number of benzene rings is 1. The molecule has 9 heteroatoms. The van der Waals surface area contributed by atoms with E-state index in [9.17, 15) is 22.8 Å². The van der Waals surface area contributed by atoms with E-state index in [0.29, 0.717) is 11.3 Å². The highest BCUT2D eigenvalue weighted by Gasteiger charge is 2.36. The van der Waals surface area contributed by atoms with Crippen LogP contribution in [0.1, 0.15) is 63.7 Å². The van der Waals surface area contributed by atoms with Gasteiger partial charge in [-0.25, -0.2) is 4.79 Å². The molecule has 1 atom stereocenters. The van der Waals surface area contributed by atoms with Gasteiger partial charge in [-0.3, -0.25) is 9.48 Å². The smallest absolute Gasteiger partial charge is 0.408 e. The maximum Gasteiger partial charge on any atom is 0.408 e. The van der Waals surface area contributed by atoms with Gasteiger partial charge in [0, 0.05) is 5.92 Å². The Morgan fingerprint density at radius 2 is 1.93 bits per heavy atom. The van der Waals surface area contributed by atoms with Crippen LogP contribution in [0.2, 0.25) is 0 Å². The quantitative estimate of drug-likeness (QED) is 0.802. The standard InChI is InChI=1S/C18H18F3N3O3/c1-10(11-2-6-13(7-3-11)17(26)27)23-16(25)14-8-22-24(9-18(19,20)21)15(14)12-4-5-12/h2-3,6-8,10,12H,4-5,9H2,1H3,(H,23,25)(H,26,27)/t10-/m0/s1. The topological polar surface area (TPSA) is 84.2 Å². The number of hydrogen-bond acceptors (Lipinski definition) is 3. The van der Waals surface area contributed by atoms with Gasteiger partial charge in [0.25, 0.3) is 5.91 Å². The highest BCUT2D eigenvalue weighted by Crippen LogP contribution is 2.42. The first-order valence-electron chi connectivity index (χ1n) is 8.42. The van der Waals surface area contributed by atoms with Crippen LogP contribution in [0.3, 0.4) is 0 Å². The van der Waals surface area contributed by atoms with Crippen LogP contribution in [0.5, 0.6) is 0 Å². The van der Waals surface area contributed by atoms with Gasteiger partial charge in [0.2, 0.25) is 0 Å². The first-order chi connectivity index (χ1) is 12.7.